The Bertz CT molecular complexity index is 655. The van der Waals surface area contributed by atoms with E-state index in [1.54, 1.807) is 6.92 Å². The summed E-state index contributed by atoms with van der Waals surface area (Å²) in [4.78, 5) is 26.2. The third kappa shape index (κ3) is 4.73. The van der Waals surface area contributed by atoms with Gasteiger partial charge in [-0.2, -0.15) is 0 Å². The van der Waals surface area contributed by atoms with Crippen LogP contribution in [0.5, 0.6) is 0 Å². The van der Waals surface area contributed by atoms with E-state index in [0.717, 1.165) is 17.6 Å². The summed E-state index contributed by atoms with van der Waals surface area (Å²) in [6, 6.07) is 9.35. The molecule has 26 heavy (non-hydrogen) atoms. The number of hydrogen-bond acceptors (Lipinski definition) is 4. The highest BCUT2D eigenvalue weighted by Crippen LogP contribution is 2.23. The smallest absolute Gasteiger partial charge is 0.416 e. The van der Waals surface area contributed by atoms with Crippen molar-refractivity contribution in [1.82, 2.24) is 4.90 Å². The SMILES string of the molecule is CC[C@H](C)/C=C(\C)[C@@H](O)[C@@H](C)C(=O)N1C(=O)OC[C@@H]1Cc1ccccc1. The standard InChI is InChI=1S/C21H29NO4/c1-5-14(2)11-15(3)19(23)16(4)20(24)22-18(13-26-21(22)25)12-17-9-7-6-8-10-17/h6-11,14,16,18-19,23H,5,12-13H2,1-4H3/b15-11+/t14-,16+,18-,19+/m0/s1. The molecule has 4 atom stereocenters. The Morgan fingerprint density at radius 2 is 2.00 bits per heavy atom. The van der Waals surface area contributed by atoms with Crippen LogP contribution in [-0.4, -0.2) is 40.8 Å². The van der Waals surface area contributed by atoms with Crippen LogP contribution in [0, 0.1) is 11.8 Å². The van der Waals surface area contributed by atoms with Gasteiger partial charge in [-0.3, -0.25) is 4.79 Å². The van der Waals surface area contributed by atoms with Gasteiger partial charge in [0.15, 0.2) is 0 Å². The van der Waals surface area contributed by atoms with E-state index in [-0.39, 0.29) is 12.6 Å². The molecule has 1 heterocycles. The van der Waals surface area contributed by atoms with Crippen molar-refractivity contribution < 1.29 is 19.4 Å². The van der Waals surface area contributed by atoms with Crippen molar-refractivity contribution in [3.8, 4) is 0 Å². The molecule has 1 aromatic carbocycles. The average Bonchev–Trinajstić information content (AvgIpc) is 3.00. The molecule has 0 radical (unpaired) electrons. The number of aliphatic hydroxyl groups excluding tert-OH is 1. The zero-order chi connectivity index (χ0) is 19.3. The maximum atomic E-state index is 12.9. The molecule has 1 N–H and O–H groups in total. The van der Waals surface area contributed by atoms with Gasteiger partial charge in [-0.05, 0) is 30.4 Å². The Labute approximate surface area is 155 Å². The number of cyclic esters (lactones) is 1. The van der Waals surface area contributed by atoms with E-state index >= 15 is 0 Å². The lowest BCUT2D eigenvalue weighted by Crippen LogP contribution is -2.45. The summed E-state index contributed by atoms with van der Waals surface area (Å²) in [6.07, 6.45) is 1.95. The fraction of sp³-hybridized carbons (Fsp3) is 0.524. The second-order valence-corrected chi connectivity index (χ2v) is 7.16. The summed E-state index contributed by atoms with van der Waals surface area (Å²) in [5.41, 5.74) is 1.79. The van der Waals surface area contributed by atoms with Crippen LogP contribution in [0.25, 0.3) is 0 Å². The van der Waals surface area contributed by atoms with Crippen LogP contribution in [0.4, 0.5) is 4.79 Å². The number of rotatable bonds is 7. The fourth-order valence-electron chi connectivity index (χ4n) is 3.18. The van der Waals surface area contributed by atoms with Crippen LogP contribution in [0.2, 0.25) is 0 Å². The molecule has 1 aliphatic rings. The zero-order valence-electron chi connectivity index (χ0n) is 16.0. The van der Waals surface area contributed by atoms with Crippen molar-refractivity contribution in [2.45, 2.75) is 52.7 Å². The lowest BCUT2D eigenvalue weighted by Gasteiger charge is -2.26. The van der Waals surface area contributed by atoms with Crippen molar-refractivity contribution in [2.75, 3.05) is 6.61 Å². The van der Waals surface area contributed by atoms with Crippen LogP contribution in [0.1, 0.15) is 39.7 Å². The highest BCUT2D eigenvalue weighted by atomic mass is 16.6. The molecule has 1 aromatic rings. The van der Waals surface area contributed by atoms with Crippen LogP contribution in [0.3, 0.4) is 0 Å². The molecule has 142 valence electrons. The van der Waals surface area contributed by atoms with Gasteiger partial charge in [0, 0.05) is 0 Å². The molecule has 2 rings (SSSR count). The normalized spacial score (nSPS) is 21.3. The highest BCUT2D eigenvalue weighted by Gasteiger charge is 2.41. The van der Waals surface area contributed by atoms with Crippen molar-refractivity contribution in [3.05, 3.63) is 47.5 Å². The lowest BCUT2D eigenvalue weighted by atomic mass is 9.93. The second kappa shape index (κ2) is 8.99. The summed E-state index contributed by atoms with van der Waals surface area (Å²) in [6.45, 7) is 7.81. The summed E-state index contributed by atoms with van der Waals surface area (Å²) < 4.78 is 5.11. The van der Waals surface area contributed by atoms with Crippen molar-refractivity contribution >= 4 is 12.0 Å². The van der Waals surface area contributed by atoms with Gasteiger partial charge in [-0.15, -0.1) is 0 Å². The molecular formula is C21H29NO4. The van der Waals surface area contributed by atoms with Gasteiger partial charge in [0.05, 0.1) is 18.1 Å². The average molecular weight is 359 g/mol. The molecule has 0 spiro atoms. The summed E-state index contributed by atoms with van der Waals surface area (Å²) in [7, 11) is 0. The first-order valence-corrected chi connectivity index (χ1v) is 9.25. The van der Waals surface area contributed by atoms with Gasteiger partial charge in [0.25, 0.3) is 0 Å². The van der Waals surface area contributed by atoms with E-state index in [0.29, 0.717) is 12.3 Å². The Morgan fingerprint density at radius 3 is 2.62 bits per heavy atom. The third-order valence-corrected chi connectivity index (χ3v) is 5.03. The topological polar surface area (TPSA) is 66.8 Å². The van der Waals surface area contributed by atoms with E-state index in [4.69, 9.17) is 4.74 Å². The molecule has 2 amide bonds. The van der Waals surface area contributed by atoms with Gasteiger partial charge < -0.3 is 9.84 Å². The van der Waals surface area contributed by atoms with E-state index < -0.39 is 24.0 Å². The Balaban J connectivity index is 2.11. The van der Waals surface area contributed by atoms with Gasteiger partial charge in [0.1, 0.15) is 6.61 Å². The lowest BCUT2D eigenvalue weighted by molar-refractivity contribution is -0.135. The van der Waals surface area contributed by atoms with Gasteiger partial charge in [-0.1, -0.05) is 63.6 Å². The monoisotopic (exact) mass is 359 g/mol. The Hall–Kier alpha value is -2.14. The zero-order valence-corrected chi connectivity index (χ0v) is 16.0. The molecule has 1 saturated heterocycles. The largest absolute Gasteiger partial charge is 0.447 e. The first kappa shape index (κ1) is 20.2. The van der Waals surface area contributed by atoms with Crippen LogP contribution >= 0.6 is 0 Å². The molecule has 0 aliphatic carbocycles. The Kier molecular flexibility index (Phi) is 6.98. The van der Waals surface area contributed by atoms with Crippen LogP contribution < -0.4 is 0 Å². The van der Waals surface area contributed by atoms with Gasteiger partial charge >= 0.3 is 6.09 Å². The van der Waals surface area contributed by atoms with Crippen molar-refractivity contribution in [3.63, 3.8) is 0 Å². The number of ether oxygens (including phenoxy) is 1. The second-order valence-electron chi connectivity index (χ2n) is 7.16. The van der Waals surface area contributed by atoms with Gasteiger partial charge in [-0.25, -0.2) is 9.69 Å². The Morgan fingerprint density at radius 1 is 1.35 bits per heavy atom. The number of imide groups is 1. The number of carbonyl (C=O) groups is 2. The molecule has 5 nitrogen and oxygen atoms in total. The number of aliphatic hydroxyl groups is 1. The van der Waals surface area contributed by atoms with E-state index in [1.807, 2.05) is 43.3 Å². The number of amides is 2. The maximum absolute atomic E-state index is 12.9. The fourth-order valence-corrected chi connectivity index (χ4v) is 3.18. The predicted octanol–water partition coefficient (Wildman–Crippen LogP) is 3.57. The molecule has 1 aliphatic heterocycles. The number of allylic oxidation sites excluding steroid dienone is 1. The molecule has 0 aromatic heterocycles. The first-order valence-electron chi connectivity index (χ1n) is 9.25. The third-order valence-electron chi connectivity index (χ3n) is 5.03. The van der Waals surface area contributed by atoms with E-state index in [9.17, 15) is 14.7 Å². The molecule has 5 heteroatoms. The molecule has 0 bridgehead atoms. The summed E-state index contributed by atoms with van der Waals surface area (Å²) in [5.74, 6) is -0.772. The van der Waals surface area contributed by atoms with E-state index in [1.165, 1.54) is 4.90 Å². The number of benzene rings is 1. The molecular weight excluding hydrogens is 330 g/mol. The molecule has 0 unspecified atom stereocenters. The number of hydrogen-bond donors (Lipinski definition) is 1. The summed E-state index contributed by atoms with van der Waals surface area (Å²) >= 11 is 0. The molecule has 0 saturated carbocycles. The first-order chi connectivity index (χ1) is 12.3. The molecule has 1 fully saturated rings. The van der Waals surface area contributed by atoms with Crippen molar-refractivity contribution in [2.24, 2.45) is 11.8 Å². The predicted molar refractivity (Wildman–Crippen MR) is 101 cm³/mol. The summed E-state index contributed by atoms with van der Waals surface area (Å²) in [5, 5.41) is 10.6. The van der Waals surface area contributed by atoms with Crippen LogP contribution in [-0.2, 0) is 16.0 Å². The number of carbonyl (C=O) groups excluding carboxylic acids is 2. The quantitative estimate of drug-likeness (QED) is 0.756. The van der Waals surface area contributed by atoms with E-state index in [2.05, 4.69) is 13.8 Å². The maximum Gasteiger partial charge on any atom is 0.416 e. The number of nitrogens with zero attached hydrogens (tertiary/aromatic N) is 1. The minimum Gasteiger partial charge on any atom is -0.447 e. The van der Waals surface area contributed by atoms with Crippen molar-refractivity contribution in [1.29, 1.82) is 0 Å². The van der Waals surface area contributed by atoms with Gasteiger partial charge in [0.2, 0.25) is 5.91 Å². The minimum absolute atomic E-state index is 0.184. The van der Waals surface area contributed by atoms with Crippen LogP contribution in [0.15, 0.2) is 42.0 Å². The highest BCUT2D eigenvalue weighted by molar-refractivity contribution is 5.95. The minimum atomic E-state index is -0.915.